The van der Waals surface area contributed by atoms with E-state index in [0.717, 1.165) is 22.3 Å². The maximum atomic E-state index is 13.0. The second kappa shape index (κ2) is 11.5. The summed E-state index contributed by atoms with van der Waals surface area (Å²) in [5.74, 6) is -0.359. The van der Waals surface area contributed by atoms with Crippen molar-refractivity contribution in [2.75, 3.05) is 6.61 Å². The number of hydrogen-bond donors (Lipinski definition) is 2. The molecule has 0 bridgehead atoms. The third-order valence-corrected chi connectivity index (χ3v) is 6.91. The van der Waals surface area contributed by atoms with Crippen LogP contribution in [0.2, 0.25) is 0 Å². The van der Waals surface area contributed by atoms with Gasteiger partial charge in [-0.25, -0.2) is 9.79 Å². The van der Waals surface area contributed by atoms with Gasteiger partial charge in [-0.3, -0.25) is 10.1 Å². The molecule has 4 aromatic rings. The molecule has 1 aliphatic heterocycles. The fourth-order valence-electron chi connectivity index (χ4n) is 4.83. The molecule has 0 fully saturated rings. The smallest absolute Gasteiger partial charge is 0.336 e. The number of carbonyl (C=O) groups is 1. The number of nitro benzene ring substituents is 1. The number of aromatic nitrogens is 1. The Kier molecular flexibility index (Phi) is 7.69. The van der Waals surface area contributed by atoms with Crippen LogP contribution >= 0.6 is 0 Å². The average molecular weight is 552 g/mol. The molecule has 0 radical (unpaired) electrons. The number of aromatic hydroxyl groups is 1. The first-order chi connectivity index (χ1) is 19.7. The number of carbonyl (C=O) groups excluding carboxylic acids is 1. The van der Waals surface area contributed by atoms with Crippen molar-refractivity contribution < 1.29 is 24.3 Å². The number of nitro groups is 1. The van der Waals surface area contributed by atoms with Crippen molar-refractivity contribution in [2.45, 2.75) is 33.3 Å². The standard InChI is InChI=1S/C32H29N3O6/c1-4-40-32(37)27-20(3)33-31-29(28(27)23-11-5-19(2)6-12-23)30(36)26(34-31)17-21-9-15-25(16-10-21)41-18-22-7-13-24(14-8-22)35(38)39/h5-17,28,36H,4,18H2,1-3H3,(H,33,34). The Morgan fingerprint density at radius 3 is 2.37 bits per heavy atom. The highest BCUT2D eigenvalue weighted by atomic mass is 16.6. The maximum Gasteiger partial charge on any atom is 0.336 e. The van der Waals surface area contributed by atoms with Crippen LogP contribution in [0.1, 0.15) is 47.6 Å². The zero-order valence-corrected chi connectivity index (χ0v) is 22.9. The molecule has 0 saturated carbocycles. The van der Waals surface area contributed by atoms with Crippen molar-refractivity contribution in [3.05, 3.63) is 133 Å². The number of nitrogens with one attached hydrogen (secondary N) is 1. The van der Waals surface area contributed by atoms with Crippen LogP contribution in [0.25, 0.3) is 6.08 Å². The van der Waals surface area contributed by atoms with E-state index in [0.29, 0.717) is 33.4 Å². The molecule has 1 unspecified atom stereocenters. The molecule has 1 aliphatic rings. The average Bonchev–Trinajstić information content (AvgIpc) is 3.26. The number of ether oxygens (including phenoxy) is 2. The summed E-state index contributed by atoms with van der Waals surface area (Å²) >= 11 is 0. The number of allylic oxidation sites excluding steroid dienone is 1. The number of fused-ring (bicyclic) bond motifs is 1. The van der Waals surface area contributed by atoms with Crippen LogP contribution in [0, 0.1) is 17.0 Å². The van der Waals surface area contributed by atoms with Crippen molar-refractivity contribution in [1.29, 1.82) is 0 Å². The van der Waals surface area contributed by atoms with Gasteiger partial charge in [0.25, 0.3) is 5.69 Å². The minimum absolute atomic E-state index is 0.0159. The van der Waals surface area contributed by atoms with Gasteiger partial charge in [0.1, 0.15) is 23.6 Å². The molecule has 208 valence electrons. The summed E-state index contributed by atoms with van der Waals surface area (Å²) in [4.78, 5) is 31.2. The van der Waals surface area contributed by atoms with Crippen LogP contribution < -0.4 is 15.6 Å². The van der Waals surface area contributed by atoms with Crippen LogP contribution in [0.5, 0.6) is 11.5 Å². The molecule has 0 spiro atoms. The summed E-state index contributed by atoms with van der Waals surface area (Å²) in [6.45, 7) is 6.02. The third-order valence-electron chi connectivity index (χ3n) is 6.91. The Morgan fingerprint density at radius 1 is 1.05 bits per heavy atom. The molecular formula is C32H29N3O6. The monoisotopic (exact) mass is 551 g/mol. The largest absolute Gasteiger partial charge is 0.505 e. The fourth-order valence-corrected chi connectivity index (χ4v) is 4.83. The number of nitrogens with zero attached hydrogens (tertiary/aromatic N) is 2. The summed E-state index contributed by atoms with van der Waals surface area (Å²) in [5, 5.41) is 22.7. The highest BCUT2D eigenvalue weighted by molar-refractivity contribution is 5.92. The Labute approximate surface area is 236 Å². The summed E-state index contributed by atoms with van der Waals surface area (Å²) in [5.41, 5.74) is 5.54. The first-order valence-corrected chi connectivity index (χ1v) is 13.2. The van der Waals surface area contributed by atoms with Gasteiger partial charge in [-0.2, -0.15) is 0 Å². The first kappa shape index (κ1) is 27.4. The van der Waals surface area contributed by atoms with Gasteiger partial charge in [0.15, 0.2) is 0 Å². The number of aryl methyl sites for hydroxylation is 1. The van der Waals surface area contributed by atoms with E-state index in [4.69, 9.17) is 9.47 Å². The van der Waals surface area contributed by atoms with Crippen LogP contribution in [0.15, 0.2) is 89.1 Å². The predicted octanol–water partition coefficient (Wildman–Crippen LogP) is 4.95. The number of non-ortho nitro benzene ring substituents is 1. The lowest BCUT2D eigenvalue weighted by molar-refractivity contribution is -0.384. The molecular weight excluding hydrogens is 522 g/mol. The predicted molar refractivity (Wildman–Crippen MR) is 153 cm³/mol. The van der Waals surface area contributed by atoms with Gasteiger partial charge in [-0.15, -0.1) is 0 Å². The Bertz CT molecular complexity index is 1750. The van der Waals surface area contributed by atoms with Crippen molar-refractivity contribution in [1.82, 2.24) is 4.98 Å². The number of benzene rings is 3. The summed E-state index contributed by atoms with van der Waals surface area (Å²) in [7, 11) is 0. The molecule has 41 heavy (non-hydrogen) atoms. The van der Waals surface area contributed by atoms with E-state index in [1.165, 1.54) is 12.1 Å². The minimum Gasteiger partial charge on any atom is -0.505 e. The molecule has 1 aromatic heterocycles. The molecule has 0 saturated heterocycles. The van der Waals surface area contributed by atoms with Crippen LogP contribution in [0.3, 0.4) is 0 Å². The Balaban J connectivity index is 1.44. The third kappa shape index (κ3) is 5.74. The number of hydrogen-bond acceptors (Lipinski definition) is 7. The van der Waals surface area contributed by atoms with Crippen molar-refractivity contribution in [2.24, 2.45) is 4.99 Å². The molecule has 0 amide bonds. The van der Waals surface area contributed by atoms with Crippen LogP contribution in [0.4, 0.5) is 5.69 Å². The number of aromatic amines is 1. The van der Waals surface area contributed by atoms with Crippen LogP contribution in [-0.2, 0) is 16.1 Å². The van der Waals surface area contributed by atoms with Gasteiger partial charge < -0.3 is 19.6 Å². The van der Waals surface area contributed by atoms with Gasteiger partial charge in [0, 0.05) is 12.1 Å². The van der Waals surface area contributed by atoms with Crippen molar-refractivity contribution in [3.63, 3.8) is 0 Å². The van der Waals surface area contributed by atoms with E-state index < -0.39 is 16.8 Å². The van der Waals surface area contributed by atoms with Gasteiger partial charge >= 0.3 is 5.97 Å². The normalized spacial score (nSPS) is 14.8. The van der Waals surface area contributed by atoms with Gasteiger partial charge in [-0.1, -0.05) is 42.0 Å². The van der Waals surface area contributed by atoms with E-state index in [2.05, 4.69) is 9.98 Å². The van der Waals surface area contributed by atoms with Crippen LogP contribution in [-0.4, -0.2) is 27.6 Å². The maximum absolute atomic E-state index is 13.0. The fraction of sp³-hybridized carbons (Fsp3) is 0.188. The molecule has 2 heterocycles. The van der Waals surface area contributed by atoms with Gasteiger partial charge in [0.05, 0.1) is 39.6 Å². The molecule has 5 rings (SSSR count). The molecule has 3 aromatic carbocycles. The highest BCUT2D eigenvalue weighted by Gasteiger charge is 2.34. The Hall–Kier alpha value is -5.18. The second-order valence-electron chi connectivity index (χ2n) is 9.75. The van der Waals surface area contributed by atoms with E-state index in [1.807, 2.05) is 43.3 Å². The van der Waals surface area contributed by atoms with Gasteiger partial charge in [0.2, 0.25) is 0 Å². The first-order valence-electron chi connectivity index (χ1n) is 13.2. The van der Waals surface area contributed by atoms with Gasteiger partial charge in [-0.05, 0) is 67.8 Å². The number of H-pyrrole nitrogens is 1. The molecule has 1 atom stereocenters. The lowest BCUT2D eigenvalue weighted by atomic mass is 9.83. The lowest BCUT2D eigenvalue weighted by Crippen LogP contribution is -2.26. The van der Waals surface area contributed by atoms with Crippen molar-refractivity contribution in [3.8, 4) is 11.5 Å². The molecule has 2 N–H and O–H groups in total. The highest BCUT2D eigenvalue weighted by Crippen LogP contribution is 2.38. The summed E-state index contributed by atoms with van der Waals surface area (Å²) < 4.78 is 11.2. The van der Waals surface area contributed by atoms with E-state index in [-0.39, 0.29) is 24.7 Å². The number of esters is 1. The molecule has 9 nitrogen and oxygen atoms in total. The van der Waals surface area contributed by atoms with E-state index >= 15 is 0 Å². The Morgan fingerprint density at radius 2 is 1.73 bits per heavy atom. The number of rotatable bonds is 8. The van der Waals surface area contributed by atoms with E-state index in [9.17, 15) is 20.0 Å². The zero-order chi connectivity index (χ0) is 29.1. The van der Waals surface area contributed by atoms with Crippen molar-refractivity contribution >= 4 is 17.7 Å². The second-order valence-corrected chi connectivity index (χ2v) is 9.75. The molecule has 9 heteroatoms. The summed E-state index contributed by atoms with van der Waals surface area (Å²) in [6, 6.07) is 21.4. The molecule has 0 aliphatic carbocycles. The SMILES string of the molecule is CCOC(=O)C1=C(C)N=c2[nH]c(=Cc3ccc(OCc4ccc([N+](=O)[O-])cc4)cc3)c(O)c2C1c1ccc(C)cc1. The quantitative estimate of drug-likeness (QED) is 0.181. The lowest BCUT2D eigenvalue weighted by Gasteiger charge is -2.23. The topological polar surface area (TPSA) is 127 Å². The minimum atomic E-state index is -0.546. The van der Waals surface area contributed by atoms with E-state index in [1.54, 1.807) is 44.2 Å². The summed E-state index contributed by atoms with van der Waals surface area (Å²) in [6.07, 6.45) is 1.80. The zero-order valence-electron chi connectivity index (χ0n) is 22.9.